The number of para-hydroxylation sites is 1. The molecule has 0 atom stereocenters. The Morgan fingerprint density at radius 3 is 2.35 bits per heavy atom. The van der Waals surface area contributed by atoms with Gasteiger partial charge in [0, 0.05) is 11.3 Å². The first-order valence-corrected chi connectivity index (χ1v) is 8.90. The third-order valence-electron chi connectivity index (χ3n) is 2.79. The minimum atomic E-state index is -0.744. The van der Waals surface area contributed by atoms with Crippen molar-refractivity contribution in [1.29, 1.82) is 0 Å². The Hall–Kier alpha value is -2.20. The molecule has 0 unspecified atom stereocenters. The summed E-state index contributed by atoms with van der Waals surface area (Å²) in [5.41, 5.74) is 2.69. The summed E-state index contributed by atoms with van der Waals surface area (Å²) in [4.78, 5) is 10.8. The summed E-state index contributed by atoms with van der Waals surface area (Å²) in [7, 11) is -0.744. The molecular weight excluding hydrogens is 264 g/mol. The van der Waals surface area contributed by atoms with Crippen LogP contribution < -0.4 is 4.67 Å². The molecule has 0 saturated heterocycles. The van der Waals surface area contributed by atoms with E-state index in [0.717, 1.165) is 17.5 Å². The zero-order valence-corrected chi connectivity index (χ0v) is 12.7. The van der Waals surface area contributed by atoms with Crippen molar-refractivity contribution in [3.05, 3.63) is 65.7 Å². The Bertz CT molecular complexity index is 596. The van der Waals surface area contributed by atoms with E-state index in [1.54, 1.807) is 12.3 Å². The lowest BCUT2D eigenvalue weighted by Gasteiger charge is -2.22. The zero-order chi connectivity index (χ0) is 14.4. The number of hydrazone groups is 1. The standard InChI is InChI=1S/C16H17N2OSi/c1-20(2)18(16-9-4-3-5-10-16)17-12-14-7-6-8-15(11-14)13-19/h3-13H,1-2H3. The minimum Gasteiger partial charge on any atom is -0.298 e. The fourth-order valence-corrected chi connectivity index (χ4v) is 2.80. The Labute approximate surface area is 121 Å². The topological polar surface area (TPSA) is 32.7 Å². The Morgan fingerprint density at radius 2 is 1.70 bits per heavy atom. The number of carbonyl (C=O) groups excluding carboxylic acids is 1. The summed E-state index contributed by atoms with van der Waals surface area (Å²) in [5.74, 6) is 0. The van der Waals surface area contributed by atoms with Crippen molar-refractivity contribution < 1.29 is 4.79 Å². The summed E-state index contributed by atoms with van der Waals surface area (Å²) in [6, 6.07) is 17.5. The van der Waals surface area contributed by atoms with Gasteiger partial charge < -0.3 is 0 Å². The van der Waals surface area contributed by atoms with Crippen LogP contribution >= 0.6 is 0 Å². The summed E-state index contributed by atoms with van der Waals surface area (Å²) >= 11 is 0. The largest absolute Gasteiger partial charge is 0.298 e. The first-order valence-electron chi connectivity index (χ1n) is 6.45. The maximum absolute atomic E-state index is 10.8. The highest BCUT2D eigenvalue weighted by Crippen LogP contribution is 2.15. The van der Waals surface area contributed by atoms with Gasteiger partial charge in [-0.25, -0.2) is 0 Å². The van der Waals surface area contributed by atoms with Crippen LogP contribution in [0.4, 0.5) is 5.69 Å². The van der Waals surface area contributed by atoms with Gasteiger partial charge in [-0.2, -0.15) is 5.10 Å². The van der Waals surface area contributed by atoms with Crippen molar-refractivity contribution in [1.82, 2.24) is 0 Å². The molecule has 20 heavy (non-hydrogen) atoms. The number of benzene rings is 2. The highest BCUT2D eigenvalue weighted by molar-refractivity contribution is 6.60. The van der Waals surface area contributed by atoms with Gasteiger partial charge in [-0.05, 0) is 23.8 Å². The van der Waals surface area contributed by atoms with Crippen molar-refractivity contribution in [2.24, 2.45) is 5.10 Å². The van der Waals surface area contributed by atoms with Crippen LogP contribution in [-0.2, 0) is 0 Å². The van der Waals surface area contributed by atoms with Gasteiger partial charge in [0.2, 0.25) is 0 Å². The van der Waals surface area contributed by atoms with Gasteiger partial charge in [0.05, 0.1) is 6.21 Å². The molecule has 0 N–H and O–H groups in total. The first-order chi connectivity index (χ1) is 9.70. The quantitative estimate of drug-likeness (QED) is 0.363. The number of anilines is 1. The second-order valence-electron chi connectivity index (χ2n) is 4.63. The third kappa shape index (κ3) is 3.65. The van der Waals surface area contributed by atoms with Gasteiger partial charge in [-0.15, -0.1) is 0 Å². The van der Waals surface area contributed by atoms with Crippen molar-refractivity contribution in [2.45, 2.75) is 13.1 Å². The maximum atomic E-state index is 10.8. The highest BCUT2D eigenvalue weighted by atomic mass is 28.3. The zero-order valence-electron chi connectivity index (χ0n) is 11.7. The molecule has 0 bridgehead atoms. The molecule has 101 valence electrons. The molecule has 0 heterocycles. The van der Waals surface area contributed by atoms with Crippen LogP contribution in [0.2, 0.25) is 13.1 Å². The molecule has 0 amide bonds. The van der Waals surface area contributed by atoms with Crippen LogP contribution in [0.25, 0.3) is 0 Å². The van der Waals surface area contributed by atoms with E-state index in [-0.39, 0.29) is 0 Å². The Morgan fingerprint density at radius 1 is 1.00 bits per heavy atom. The van der Waals surface area contributed by atoms with E-state index in [9.17, 15) is 4.79 Å². The number of hydrogen-bond acceptors (Lipinski definition) is 3. The number of nitrogens with zero attached hydrogens (tertiary/aromatic N) is 2. The molecule has 0 saturated carbocycles. The molecule has 0 aromatic heterocycles. The van der Waals surface area contributed by atoms with Crippen molar-refractivity contribution in [3.8, 4) is 0 Å². The molecule has 0 aliphatic rings. The van der Waals surface area contributed by atoms with Crippen LogP contribution in [0, 0.1) is 0 Å². The van der Waals surface area contributed by atoms with E-state index in [2.05, 4.69) is 35.0 Å². The van der Waals surface area contributed by atoms with Crippen LogP contribution in [0.15, 0.2) is 59.7 Å². The van der Waals surface area contributed by atoms with Crippen molar-refractivity contribution >= 4 is 27.1 Å². The molecule has 2 aromatic carbocycles. The lowest BCUT2D eigenvalue weighted by molar-refractivity contribution is 0.112. The van der Waals surface area contributed by atoms with Gasteiger partial charge in [0.15, 0.2) is 8.96 Å². The third-order valence-corrected chi connectivity index (χ3v) is 4.01. The Kier molecular flexibility index (Phi) is 4.84. The predicted octanol–water partition coefficient (Wildman–Crippen LogP) is 3.59. The Balaban J connectivity index is 2.24. The fourth-order valence-electron chi connectivity index (χ4n) is 1.85. The molecule has 2 aromatic rings. The average Bonchev–Trinajstić information content (AvgIpc) is 2.48. The molecule has 4 heteroatoms. The molecular formula is C16H17N2OSi. The van der Waals surface area contributed by atoms with Crippen LogP contribution in [0.3, 0.4) is 0 Å². The van der Waals surface area contributed by atoms with Gasteiger partial charge in [-0.3, -0.25) is 9.47 Å². The molecule has 0 fully saturated rings. The van der Waals surface area contributed by atoms with Crippen molar-refractivity contribution in [3.63, 3.8) is 0 Å². The summed E-state index contributed by atoms with van der Waals surface area (Å²) in [6.07, 6.45) is 2.65. The van der Waals surface area contributed by atoms with E-state index in [1.807, 2.05) is 36.4 Å². The van der Waals surface area contributed by atoms with E-state index in [1.165, 1.54) is 0 Å². The second kappa shape index (κ2) is 6.82. The number of hydrogen-bond donors (Lipinski definition) is 0. The second-order valence-corrected chi connectivity index (χ2v) is 6.95. The van der Waals surface area contributed by atoms with Crippen LogP contribution in [0.5, 0.6) is 0 Å². The molecule has 1 radical (unpaired) electrons. The van der Waals surface area contributed by atoms with Crippen LogP contribution in [0.1, 0.15) is 15.9 Å². The smallest absolute Gasteiger partial charge is 0.194 e. The first kappa shape index (κ1) is 14.2. The average molecular weight is 281 g/mol. The molecule has 0 spiro atoms. The van der Waals surface area contributed by atoms with Gasteiger partial charge in [0.1, 0.15) is 6.29 Å². The highest BCUT2D eigenvalue weighted by Gasteiger charge is 2.10. The van der Waals surface area contributed by atoms with E-state index in [0.29, 0.717) is 5.56 Å². The minimum absolute atomic E-state index is 0.665. The molecule has 2 rings (SSSR count). The number of carbonyl (C=O) groups is 1. The SMILES string of the molecule is C[Si](C)N(N=Cc1cccc(C=O)c1)c1ccccc1. The molecule has 3 nitrogen and oxygen atoms in total. The van der Waals surface area contributed by atoms with Gasteiger partial charge in [0.25, 0.3) is 0 Å². The van der Waals surface area contributed by atoms with Gasteiger partial charge >= 0.3 is 0 Å². The van der Waals surface area contributed by atoms with Crippen LogP contribution in [-0.4, -0.2) is 21.5 Å². The maximum Gasteiger partial charge on any atom is 0.194 e. The summed E-state index contributed by atoms with van der Waals surface area (Å²) < 4.78 is 2.05. The summed E-state index contributed by atoms with van der Waals surface area (Å²) in [6.45, 7) is 4.38. The lowest BCUT2D eigenvalue weighted by atomic mass is 10.1. The van der Waals surface area contributed by atoms with E-state index >= 15 is 0 Å². The number of rotatable bonds is 5. The van der Waals surface area contributed by atoms with Gasteiger partial charge in [-0.1, -0.05) is 49.5 Å². The normalized spacial score (nSPS) is 10.9. The van der Waals surface area contributed by atoms with E-state index in [4.69, 9.17) is 0 Å². The van der Waals surface area contributed by atoms with E-state index < -0.39 is 8.96 Å². The monoisotopic (exact) mass is 281 g/mol. The number of aldehydes is 1. The predicted molar refractivity (Wildman–Crippen MR) is 85.8 cm³/mol. The van der Waals surface area contributed by atoms with Crippen molar-refractivity contribution in [2.75, 3.05) is 4.67 Å². The molecule has 0 aliphatic carbocycles. The molecule has 0 aliphatic heterocycles. The summed E-state index contributed by atoms with van der Waals surface area (Å²) in [5, 5.41) is 4.58. The lowest BCUT2D eigenvalue weighted by Crippen LogP contribution is -2.29. The fraction of sp³-hybridized carbons (Fsp3) is 0.125.